The molecule has 0 unspecified atom stereocenters. The first-order valence-corrected chi connectivity index (χ1v) is 9.74. The molecule has 0 radical (unpaired) electrons. The molecule has 0 aliphatic heterocycles. The SMILES string of the molecule is CCCCc1nc(SCc2cccc(F)c2)c2c(=O)n(C)c(=O)n(C)c2n1. The van der Waals surface area contributed by atoms with Crippen molar-refractivity contribution >= 4 is 22.8 Å². The van der Waals surface area contributed by atoms with Crippen LogP contribution in [0.5, 0.6) is 0 Å². The van der Waals surface area contributed by atoms with Crippen molar-refractivity contribution in [3.63, 3.8) is 0 Å². The van der Waals surface area contributed by atoms with Gasteiger partial charge in [0.05, 0.1) is 0 Å². The predicted molar refractivity (Wildman–Crippen MR) is 105 cm³/mol. The highest BCUT2D eigenvalue weighted by molar-refractivity contribution is 7.98. The monoisotopic (exact) mass is 388 g/mol. The van der Waals surface area contributed by atoms with Crippen molar-refractivity contribution in [3.05, 3.63) is 62.3 Å². The van der Waals surface area contributed by atoms with E-state index in [9.17, 15) is 14.0 Å². The lowest BCUT2D eigenvalue weighted by molar-refractivity contribution is 0.626. The first kappa shape index (κ1) is 19.3. The number of hydrogen-bond acceptors (Lipinski definition) is 5. The third-order valence-corrected chi connectivity index (χ3v) is 5.38. The van der Waals surface area contributed by atoms with Gasteiger partial charge in [0.25, 0.3) is 5.56 Å². The molecule has 6 nitrogen and oxygen atoms in total. The summed E-state index contributed by atoms with van der Waals surface area (Å²) in [7, 11) is 3.04. The lowest BCUT2D eigenvalue weighted by Crippen LogP contribution is -2.37. The molecule has 0 saturated carbocycles. The molecule has 0 amide bonds. The molecule has 2 aromatic heterocycles. The summed E-state index contributed by atoms with van der Waals surface area (Å²) in [5.74, 6) is 0.764. The molecule has 0 fully saturated rings. The fourth-order valence-corrected chi connectivity index (χ4v) is 3.78. The Morgan fingerprint density at radius 3 is 2.63 bits per heavy atom. The number of hydrogen-bond donors (Lipinski definition) is 0. The zero-order valence-corrected chi connectivity index (χ0v) is 16.3. The third kappa shape index (κ3) is 3.95. The maximum absolute atomic E-state index is 13.4. The van der Waals surface area contributed by atoms with Gasteiger partial charge < -0.3 is 0 Å². The molecule has 1 aromatic carbocycles. The smallest absolute Gasteiger partial charge is 0.280 e. The van der Waals surface area contributed by atoms with E-state index in [2.05, 4.69) is 16.9 Å². The van der Waals surface area contributed by atoms with Crippen molar-refractivity contribution in [3.8, 4) is 0 Å². The summed E-state index contributed by atoms with van der Waals surface area (Å²) in [4.78, 5) is 34.0. The summed E-state index contributed by atoms with van der Waals surface area (Å²) in [5, 5.41) is 0.841. The van der Waals surface area contributed by atoms with Gasteiger partial charge in [-0.05, 0) is 24.1 Å². The van der Waals surface area contributed by atoms with E-state index in [1.807, 2.05) is 6.07 Å². The van der Waals surface area contributed by atoms with E-state index in [0.717, 1.165) is 23.0 Å². The molecule has 3 rings (SSSR count). The molecular weight excluding hydrogens is 367 g/mol. The van der Waals surface area contributed by atoms with Gasteiger partial charge in [-0.1, -0.05) is 25.5 Å². The number of nitrogens with zero attached hydrogens (tertiary/aromatic N) is 4. The summed E-state index contributed by atoms with van der Waals surface area (Å²) in [6, 6.07) is 6.33. The number of unbranched alkanes of at least 4 members (excludes halogenated alkanes) is 1. The van der Waals surface area contributed by atoms with Crippen LogP contribution in [0.25, 0.3) is 11.0 Å². The molecule has 0 spiro atoms. The molecule has 2 heterocycles. The van der Waals surface area contributed by atoms with Crippen LogP contribution in [0.2, 0.25) is 0 Å². The van der Waals surface area contributed by atoms with Crippen LogP contribution in [0.3, 0.4) is 0 Å². The zero-order valence-electron chi connectivity index (χ0n) is 15.5. The molecule has 3 aromatic rings. The average molecular weight is 388 g/mol. The van der Waals surface area contributed by atoms with E-state index in [0.29, 0.717) is 34.1 Å². The minimum absolute atomic E-state index is 0.303. The van der Waals surface area contributed by atoms with Gasteiger partial charge in [-0.25, -0.2) is 19.2 Å². The summed E-state index contributed by atoms with van der Waals surface area (Å²) in [6.45, 7) is 2.08. The van der Waals surface area contributed by atoms with E-state index in [-0.39, 0.29) is 5.82 Å². The molecule has 142 valence electrons. The van der Waals surface area contributed by atoms with E-state index < -0.39 is 11.2 Å². The number of halogens is 1. The summed E-state index contributed by atoms with van der Waals surface area (Å²) < 4.78 is 15.9. The van der Waals surface area contributed by atoms with Crippen molar-refractivity contribution in [1.29, 1.82) is 0 Å². The van der Waals surface area contributed by atoms with E-state index >= 15 is 0 Å². The lowest BCUT2D eigenvalue weighted by Gasteiger charge is -2.12. The van der Waals surface area contributed by atoms with Gasteiger partial charge >= 0.3 is 5.69 Å². The van der Waals surface area contributed by atoms with Gasteiger partial charge in [0.2, 0.25) is 0 Å². The molecule has 0 aliphatic carbocycles. The Morgan fingerprint density at radius 2 is 1.93 bits per heavy atom. The minimum Gasteiger partial charge on any atom is -0.280 e. The predicted octanol–water partition coefficient (Wildman–Crippen LogP) is 2.80. The second kappa shape index (κ2) is 8.04. The van der Waals surface area contributed by atoms with Crippen molar-refractivity contribution in [2.45, 2.75) is 37.0 Å². The summed E-state index contributed by atoms with van der Waals surface area (Å²) in [6.07, 6.45) is 2.57. The van der Waals surface area contributed by atoms with Gasteiger partial charge in [0, 0.05) is 26.3 Å². The number of thioether (sulfide) groups is 1. The van der Waals surface area contributed by atoms with Crippen LogP contribution in [0.15, 0.2) is 38.9 Å². The Bertz CT molecular complexity index is 1110. The van der Waals surface area contributed by atoms with Crippen LogP contribution in [0.4, 0.5) is 4.39 Å². The number of rotatable bonds is 6. The van der Waals surface area contributed by atoms with Crippen LogP contribution < -0.4 is 11.2 Å². The quantitative estimate of drug-likeness (QED) is 0.480. The maximum atomic E-state index is 13.4. The average Bonchev–Trinajstić information content (AvgIpc) is 2.67. The van der Waals surface area contributed by atoms with Crippen LogP contribution in [0.1, 0.15) is 31.2 Å². The minimum atomic E-state index is -0.422. The van der Waals surface area contributed by atoms with Crippen LogP contribution in [-0.2, 0) is 26.3 Å². The van der Waals surface area contributed by atoms with Crippen LogP contribution in [0, 0.1) is 5.82 Å². The Hall–Kier alpha value is -2.48. The topological polar surface area (TPSA) is 69.8 Å². The van der Waals surface area contributed by atoms with Crippen molar-refractivity contribution in [1.82, 2.24) is 19.1 Å². The number of benzene rings is 1. The first-order chi connectivity index (χ1) is 12.9. The van der Waals surface area contributed by atoms with Crippen LogP contribution >= 0.6 is 11.8 Å². The molecule has 0 bridgehead atoms. The zero-order chi connectivity index (χ0) is 19.6. The Balaban J connectivity index is 2.13. The molecule has 0 N–H and O–H groups in total. The maximum Gasteiger partial charge on any atom is 0.332 e. The van der Waals surface area contributed by atoms with Crippen molar-refractivity contribution < 1.29 is 4.39 Å². The fraction of sp³-hybridized carbons (Fsp3) is 0.368. The molecule has 27 heavy (non-hydrogen) atoms. The Morgan fingerprint density at radius 1 is 1.15 bits per heavy atom. The highest BCUT2D eigenvalue weighted by Gasteiger charge is 2.17. The fourth-order valence-electron chi connectivity index (χ4n) is 2.80. The number of fused-ring (bicyclic) bond motifs is 1. The standard InChI is InChI=1S/C19H21FN4O2S/c1-4-5-9-14-21-16-15(18(25)24(3)19(26)23(16)2)17(22-14)27-11-12-7-6-8-13(20)10-12/h6-8,10H,4-5,9,11H2,1-3H3. The highest BCUT2D eigenvalue weighted by Crippen LogP contribution is 2.26. The second-order valence-corrected chi connectivity index (χ2v) is 7.34. The van der Waals surface area contributed by atoms with Crippen LogP contribution in [-0.4, -0.2) is 19.1 Å². The number of aryl methyl sites for hydroxylation is 2. The van der Waals surface area contributed by atoms with Gasteiger partial charge in [-0.2, -0.15) is 0 Å². The van der Waals surface area contributed by atoms with Gasteiger partial charge in [0.1, 0.15) is 22.1 Å². The molecular formula is C19H21FN4O2S. The van der Waals surface area contributed by atoms with Crippen molar-refractivity contribution in [2.24, 2.45) is 14.1 Å². The van der Waals surface area contributed by atoms with E-state index in [1.165, 1.54) is 35.5 Å². The van der Waals surface area contributed by atoms with Gasteiger partial charge in [0.15, 0.2) is 5.65 Å². The van der Waals surface area contributed by atoms with Gasteiger partial charge in [-0.15, -0.1) is 11.8 Å². The normalized spacial score (nSPS) is 11.3. The second-order valence-electron chi connectivity index (χ2n) is 6.37. The summed E-state index contributed by atoms with van der Waals surface area (Å²) in [5.41, 5.74) is 0.292. The van der Waals surface area contributed by atoms with Crippen molar-refractivity contribution in [2.75, 3.05) is 0 Å². The van der Waals surface area contributed by atoms with E-state index in [4.69, 9.17) is 0 Å². The van der Waals surface area contributed by atoms with E-state index in [1.54, 1.807) is 13.1 Å². The number of aromatic nitrogens is 4. The molecule has 0 saturated heterocycles. The Kier molecular flexibility index (Phi) is 5.74. The molecule has 0 atom stereocenters. The summed E-state index contributed by atoms with van der Waals surface area (Å²) >= 11 is 1.35. The largest absolute Gasteiger partial charge is 0.332 e. The third-order valence-electron chi connectivity index (χ3n) is 4.33. The molecule has 8 heteroatoms. The first-order valence-electron chi connectivity index (χ1n) is 8.76. The lowest BCUT2D eigenvalue weighted by atomic mass is 10.2. The van der Waals surface area contributed by atoms with Gasteiger partial charge in [-0.3, -0.25) is 13.9 Å². The highest BCUT2D eigenvalue weighted by atomic mass is 32.2. The molecule has 0 aliphatic rings. The Labute approximate surface area is 160 Å².